The molecule has 0 aliphatic carbocycles. The molecule has 2 heteroatoms. The molecule has 0 aromatic heterocycles. The summed E-state index contributed by atoms with van der Waals surface area (Å²) >= 11 is 3.53. The monoisotopic (exact) mass is 301 g/mol. The zero-order valence-electron chi connectivity index (χ0n) is 10.5. The van der Waals surface area contributed by atoms with E-state index in [1.165, 1.54) is 28.5 Å². The molecule has 0 saturated heterocycles. The zero-order valence-corrected chi connectivity index (χ0v) is 12.1. The summed E-state index contributed by atoms with van der Waals surface area (Å²) in [6, 6.07) is 13.1. The highest BCUT2D eigenvalue weighted by Gasteiger charge is 2.13. The van der Waals surface area contributed by atoms with Gasteiger partial charge in [-0.15, -0.1) is 0 Å². The second-order valence-electron chi connectivity index (χ2n) is 5.14. The minimum atomic E-state index is 0.739. The van der Waals surface area contributed by atoms with E-state index in [9.17, 15) is 0 Å². The van der Waals surface area contributed by atoms with Crippen LogP contribution < -0.4 is 0 Å². The van der Waals surface area contributed by atoms with Crippen LogP contribution in [0.2, 0.25) is 0 Å². The normalized spacial score (nSPS) is 19.9. The summed E-state index contributed by atoms with van der Waals surface area (Å²) in [6.07, 6.45) is 2.37. The Morgan fingerprint density at radius 2 is 1.94 bits per heavy atom. The van der Waals surface area contributed by atoms with E-state index in [0.29, 0.717) is 0 Å². The number of nitrogens with zero attached hydrogens (tertiary/aromatic N) is 1. The van der Waals surface area contributed by atoms with Crippen LogP contribution in [0, 0.1) is 5.92 Å². The maximum atomic E-state index is 4.71. The van der Waals surface area contributed by atoms with Gasteiger partial charge in [0.2, 0.25) is 0 Å². The van der Waals surface area contributed by atoms with Crippen molar-refractivity contribution in [1.82, 2.24) is 0 Å². The van der Waals surface area contributed by atoms with Crippen molar-refractivity contribution < 1.29 is 0 Å². The minimum absolute atomic E-state index is 0.739. The first-order chi connectivity index (χ1) is 8.72. The van der Waals surface area contributed by atoms with Crippen LogP contribution in [0.1, 0.15) is 25.3 Å². The summed E-state index contributed by atoms with van der Waals surface area (Å²) in [5.74, 6) is 0.739. The Kier molecular flexibility index (Phi) is 3.21. The van der Waals surface area contributed by atoms with E-state index >= 15 is 0 Å². The summed E-state index contributed by atoms with van der Waals surface area (Å²) in [7, 11) is 0. The van der Waals surface area contributed by atoms with Crippen molar-refractivity contribution in [2.45, 2.75) is 19.8 Å². The lowest BCUT2D eigenvalue weighted by Crippen LogP contribution is -2.14. The van der Waals surface area contributed by atoms with Gasteiger partial charge in [-0.2, -0.15) is 0 Å². The van der Waals surface area contributed by atoms with E-state index < -0.39 is 0 Å². The fraction of sp³-hybridized carbons (Fsp3) is 0.312. The molecule has 0 radical (unpaired) electrons. The van der Waals surface area contributed by atoms with Crippen molar-refractivity contribution in [2.24, 2.45) is 10.9 Å². The number of hydrogen-bond acceptors (Lipinski definition) is 1. The van der Waals surface area contributed by atoms with Crippen LogP contribution in [0.5, 0.6) is 0 Å². The van der Waals surface area contributed by atoms with Crippen LogP contribution in [0.4, 0.5) is 0 Å². The second kappa shape index (κ2) is 4.85. The average molecular weight is 302 g/mol. The summed E-state index contributed by atoms with van der Waals surface area (Å²) < 4.78 is 1.13. The van der Waals surface area contributed by atoms with Gasteiger partial charge < -0.3 is 0 Å². The molecular weight excluding hydrogens is 286 g/mol. The van der Waals surface area contributed by atoms with E-state index in [0.717, 1.165) is 23.4 Å². The summed E-state index contributed by atoms with van der Waals surface area (Å²) in [5.41, 5.74) is 2.56. The van der Waals surface area contributed by atoms with Crippen molar-refractivity contribution in [3.63, 3.8) is 0 Å². The summed E-state index contributed by atoms with van der Waals surface area (Å²) in [5, 5.41) is 2.56. The lowest BCUT2D eigenvalue weighted by molar-refractivity contribution is 0.538. The third-order valence-electron chi connectivity index (χ3n) is 3.60. The Bertz CT molecular complexity index is 616. The molecule has 1 heterocycles. The maximum Gasteiger partial charge on any atom is 0.0420 e. The van der Waals surface area contributed by atoms with E-state index in [4.69, 9.17) is 4.99 Å². The Balaban J connectivity index is 2.02. The van der Waals surface area contributed by atoms with Crippen LogP contribution in [-0.4, -0.2) is 12.3 Å². The maximum absolute atomic E-state index is 4.71. The fourth-order valence-corrected chi connectivity index (χ4v) is 2.83. The number of halogens is 1. The highest BCUT2D eigenvalue weighted by atomic mass is 79.9. The highest BCUT2D eigenvalue weighted by molar-refractivity contribution is 9.10. The molecule has 1 aliphatic rings. The standard InChI is InChI=1S/C16H16BrN/c1-11-2-7-16(18-10-11)13-4-3-12-5-6-15(17)9-14(12)8-13/h3-6,8-9,11H,2,7,10H2,1H3. The first-order valence-electron chi connectivity index (χ1n) is 6.45. The van der Waals surface area contributed by atoms with Crippen LogP contribution in [-0.2, 0) is 0 Å². The van der Waals surface area contributed by atoms with Gasteiger partial charge in [0.05, 0.1) is 0 Å². The molecule has 0 spiro atoms. The fourth-order valence-electron chi connectivity index (χ4n) is 2.45. The van der Waals surface area contributed by atoms with Gasteiger partial charge in [0, 0.05) is 16.7 Å². The third kappa shape index (κ3) is 2.35. The number of rotatable bonds is 1. The van der Waals surface area contributed by atoms with Gasteiger partial charge in [0.15, 0.2) is 0 Å². The molecule has 0 N–H and O–H groups in total. The van der Waals surface area contributed by atoms with Crippen molar-refractivity contribution in [3.05, 3.63) is 46.4 Å². The lowest BCUT2D eigenvalue weighted by atomic mass is 9.95. The van der Waals surface area contributed by atoms with E-state index in [1.54, 1.807) is 0 Å². The topological polar surface area (TPSA) is 12.4 Å². The van der Waals surface area contributed by atoms with Crippen molar-refractivity contribution in [1.29, 1.82) is 0 Å². The molecule has 0 bridgehead atoms. The molecule has 1 aliphatic heterocycles. The lowest BCUT2D eigenvalue weighted by Gasteiger charge is -2.17. The van der Waals surface area contributed by atoms with Crippen LogP contribution in [0.3, 0.4) is 0 Å². The molecule has 3 rings (SSSR count). The van der Waals surface area contributed by atoms with Gasteiger partial charge in [-0.25, -0.2) is 0 Å². The van der Waals surface area contributed by atoms with E-state index in [2.05, 4.69) is 59.3 Å². The van der Waals surface area contributed by atoms with E-state index in [-0.39, 0.29) is 0 Å². The van der Waals surface area contributed by atoms with Crippen molar-refractivity contribution >= 4 is 32.4 Å². The molecule has 0 saturated carbocycles. The molecule has 1 nitrogen and oxygen atoms in total. The molecule has 18 heavy (non-hydrogen) atoms. The number of aliphatic imine (C=N–C) groups is 1. The molecular formula is C16H16BrN. The van der Waals surface area contributed by atoms with Crippen molar-refractivity contribution in [3.8, 4) is 0 Å². The zero-order chi connectivity index (χ0) is 12.5. The first-order valence-corrected chi connectivity index (χ1v) is 7.25. The van der Waals surface area contributed by atoms with Gasteiger partial charge in [-0.05, 0) is 53.3 Å². The second-order valence-corrected chi connectivity index (χ2v) is 6.05. The Labute approximate surface area is 116 Å². The van der Waals surface area contributed by atoms with Crippen molar-refractivity contribution in [2.75, 3.05) is 6.54 Å². The van der Waals surface area contributed by atoms with Gasteiger partial charge in [-0.3, -0.25) is 4.99 Å². The van der Waals surface area contributed by atoms with Gasteiger partial charge in [0.25, 0.3) is 0 Å². The predicted molar refractivity (Wildman–Crippen MR) is 81.5 cm³/mol. The number of benzene rings is 2. The average Bonchev–Trinajstić information content (AvgIpc) is 2.38. The van der Waals surface area contributed by atoms with Gasteiger partial charge in [-0.1, -0.05) is 41.1 Å². The highest BCUT2D eigenvalue weighted by Crippen LogP contribution is 2.24. The number of fused-ring (bicyclic) bond motifs is 1. The smallest absolute Gasteiger partial charge is 0.0420 e. The van der Waals surface area contributed by atoms with Gasteiger partial charge >= 0.3 is 0 Å². The molecule has 2 aromatic carbocycles. The Morgan fingerprint density at radius 1 is 1.11 bits per heavy atom. The minimum Gasteiger partial charge on any atom is -0.289 e. The van der Waals surface area contributed by atoms with Gasteiger partial charge in [0.1, 0.15) is 0 Å². The van der Waals surface area contributed by atoms with Crippen LogP contribution >= 0.6 is 15.9 Å². The predicted octanol–water partition coefficient (Wildman–Crippen LogP) is 4.82. The first kappa shape index (κ1) is 11.9. The molecule has 0 amide bonds. The van der Waals surface area contributed by atoms with Crippen LogP contribution in [0.25, 0.3) is 10.8 Å². The summed E-state index contributed by atoms with van der Waals surface area (Å²) in [4.78, 5) is 4.71. The quantitative estimate of drug-likeness (QED) is 0.716. The largest absolute Gasteiger partial charge is 0.289 e. The summed E-state index contributed by atoms with van der Waals surface area (Å²) in [6.45, 7) is 3.25. The molecule has 1 unspecified atom stereocenters. The Hall–Kier alpha value is -1.15. The number of hydrogen-bond donors (Lipinski definition) is 0. The van der Waals surface area contributed by atoms with E-state index in [1.807, 2.05) is 0 Å². The SMILES string of the molecule is CC1CCC(c2ccc3ccc(Br)cc3c2)=NC1. The van der Waals surface area contributed by atoms with Crippen LogP contribution in [0.15, 0.2) is 45.9 Å². The molecule has 2 aromatic rings. The molecule has 0 fully saturated rings. The molecule has 1 atom stereocenters. The molecule has 92 valence electrons. The Morgan fingerprint density at radius 3 is 2.72 bits per heavy atom. The third-order valence-corrected chi connectivity index (χ3v) is 4.10.